The van der Waals surface area contributed by atoms with Crippen LogP contribution in [0.5, 0.6) is 0 Å². The quantitative estimate of drug-likeness (QED) is 0.788. The topological polar surface area (TPSA) is 24.4 Å². The molecule has 0 bridgehead atoms. The van der Waals surface area contributed by atoms with Gasteiger partial charge in [-0.1, -0.05) is 18.7 Å². The summed E-state index contributed by atoms with van der Waals surface area (Å²) < 4.78 is 35.8. The van der Waals surface area contributed by atoms with Crippen molar-refractivity contribution in [3.63, 3.8) is 0 Å². The van der Waals surface area contributed by atoms with Crippen LogP contribution in [0.4, 0.5) is 13.2 Å². The van der Waals surface area contributed by atoms with E-state index in [1.165, 1.54) is 0 Å². The van der Waals surface area contributed by atoms with Crippen LogP contribution in [0, 0.1) is 0 Å². The summed E-state index contributed by atoms with van der Waals surface area (Å²) in [5, 5.41) is 4.10. The van der Waals surface area contributed by atoms with Gasteiger partial charge in [0.1, 0.15) is 0 Å². The average molecular weight is 268 g/mol. The van der Waals surface area contributed by atoms with Crippen LogP contribution in [-0.4, -0.2) is 29.2 Å². The van der Waals surface area contributed by atoms with E-state index in [-0.39, 0.29) is 18.5 Å². The highest BCUT2D eigenvalue weighted by atomic mass is 32.2. The molecule has 1 unspecified atom stereocenters. The Bertz CT molecular complexity index is 278. The Morgan fingerprint density at radius 1 is 1.47 bits per heavy atom. The van der Waals surface area contributed by atoms with Crippen molar-refractivity contribution in [2.24, 2.45) is 4.99 Å². The van der Waals surface area contributed by atoms with Crippen LogP contribution >= 0.6 is 11.8 Å². The summed E-state index contributed by atoms with van der Waals surface area (Å²) in [6.07, 6.45) is -2.69. The summed E-state index contributed by atoms with van der Waals surface area (Å²) in [6, 6.07) is 0. The molecule has 17 heavy (non-hydrogen) atoms. The molecule has 100 valence electrons. The molecule has 1 N–H and O–H groups in total. The predicted octanol–water partition coefficient (Wildman–Crippen LogP) is 3.58. The van der Waals surface area contributed by atoms with Crippen molar-refractivity contribution in [3.05, 3.63) is 0 Å². The summed E-state index contributed by atoms with van der Waals surface area (Å²) in [5.41, 5.74) is 0.0497. The first-order valence-electron chi connectivity index (χ1n) is 5.87. The number of nitrogens with one attached hydrogen (secondary N) is 1. The van der Waals surface area contributed by atoms with Crippen LogP contribution in [0.2, 0.25) is 0 Å². The number of thioether (sulfide) groups is 1. The molecule has 6 heteroatoms. The molecule has 1 fully saturated rings. The van der Waals surface area contributed by atoms with Gasteiger partial charge in [-0.15, -0.1) is 0 Å². The summed E-state index contributed by atoms with van der Waals surface area (Å²) in [7, 11) is 0. The first-order valence-corrected chi connectivity index (χ1v) is 6.85. The van der Waals surface area contributed by atoms with Crippen LogP contribution < -0.4 is 5.32 Å². The molecule has 0 spiro atoms. The molecule has 0 saturated carbocycles. The van der Waals surface area contributed by atoms with Gasteiger partial charge in [-0.25, -0.2) is 0 Å². The van der Waals surface area contributed by atoms with Gasteiger partial charge in [-0.2, -0.15) is 13.2 Å². The highest BCUT2D eigenvalue weighted by molar-refractivity contribution is 8.13. The Kier molecular flexibility index (Phi) is 5.16. The van der Waals surface area contributed by atoms with E-state index in [4.69, 9.17) is 0 Å². The van der Waals surface area contributed by atoms with E-state index in [9.17, 15) is 13.2 Å². The van der Waals surface area contributed by atoms with E-state index in [1.807, 2.05) is 0 Å². The summed E-state index contributed by atoms with van der Waals surface area (Å²) in [6.45, 7) is 4.47. The van der Waals surface area contributed by atoms with Crippen LogP contribution in [0.1, 0.15) is 39.5 Å². The smallest absolute Gasteiger partial charge is 0.360 e. The lowest BCUT2D eigenvalue weighted by atomic mass is 9.96. The molecule has 0 amide bonds. The first-order chi connectivity index (χ1) is 7.85. The van der Waals surface area contributed by atoms with Crippen molar-refractivity contribution < 1.29 is 13.2 Å². The highest BCUT2D eigenvalue weighted by Crippen LogP contribution is 2.25. The number of nitrogens with zero attached hydrogens (tertiary/aromatic N) is 1. The fourth-order valence-corrected chi connectivity index (χ4v) is 2.79. The van der Waals surface area contributed by atoms with E-state index in [1.54, 1.807) is 11.8 Å². The van der Waals surface area contributed by atoms with Crippen LogP contribution in [-0.2, 0) is 0 Å². The van der Waals surface area contributed by atoms with E-state index in [0.29, 0.717) is 0 Å². The molecule has 1 aliphatic heterocycles. The van der Waals surface area contributed by atoms with Gasteiger partial charge in [0, 0.05) is 24.3 Å². The lowest BCUT2D eigenvalue weighted by Gasteiger charge is -2.35. The van der Waals surface area contributed by atoms with E-state index in [2.05, 4.69) is 24.2 Å². The Balaban J connectivity index is 2.35. The number of hydrogen-bond acceptors (Lipinski definition) is 2. The second kappa shape index (κ2) is 5.98. The third-order valence-electron chi connectivity index (χ3n) is 2.96. The molecule has 1 atom stereocenters. The number of aliphatic imine (C=N–C) groups is 1. The molecule has 0 aliphatic carbocycles. The zero-order valence-electron chi connectivity index (χ0n) is 10.2. The molecule has 1 saturated heterocycles. The van der Waals surface area contributed by atoms with Crippen molar-refractivity contribution >= 4 is 16.9 Å². The summed E-state index contributed by atoms with van der Waals surface area (Å²) in [5.74, 6) is 0.982. The Labute approximate surface area is 104 Å². The molecular weight excluding hydrogens is 249 g/mol. The minimum atomic E-state index is -4.06. The van der Waals surface area contributed by atoms with Crippen LogP contribution in [0.15, 0.2) is 4.99 Å². The molecule has 0 aromatic rings. The number of hydrogen-bond donors (Lipinski definition) is 1. The van der Waals surface area contributed by atoms with Gasteiger partial charge < -0.3 is 5.32 Å². The van der Waals surface area contributed by atoms with Crippen molar-refractivity contribution in [1.82, 2.24) is 5.32 Å². The zero-order chi connectivity index (χ0) is 12.9. The van der Waals surface area contributed by atoms with E-state index < -0.39 is 12.6 Å². The number of rotatable bonds is 4. The van der Waals surface area contributed by atoms with Crippen molar-refractivity contribution in [1.29, 1.82) is 0 Å². The molecule has 0 aromatic carbocycles. The molecule has 1 rings (SSSR count). The van der Waals surface area contributed by atoms with Crippen LogP contribution in [0.3, 0.4) is 0 Å². The zero-order valence-corrected chi connectivity index (χ0v) is 11.0. The van der Waals surface area contributed by atoms with E-state index >= 15 is 0 Å². The number of alkyl halides is 3. The molecule has 1 aliphatic rings. The van der Waals surface area contributed by atoms with Gasteiger partial charge in [0.2, 0.25) is 0 Å². The van der Waals surface area contributed by atoms with E-state index in [0.717, 1.165) is 23.8 Å². The molecular formula is C11H19F3N2S. The van der Waals surface area contributed by atoms with Crippen molar-refractivity contribution in [2.45, 2.75) is 51.2 Å². The molecule has 1 heterocycles. The van der Waals surface area contributed by atoms with Gasteiger partial charge in [0.05, 0.1) is 0 Å². The largest absolute Gasteiger partial charge is 0.389 e. The average Bonchev–Trinajstić information content (AvgIpc) is 2.24. The Morgan fingerprint density at radius 2 is 2.18 bits per heavy atom. The predicted molar refractivity (Wildman–Crippen MR) is 66.5 cm³/mol. The third kappa shape index (κ3) is 5.66. The fraction of sp³-hybridized carbons (Fsp3) is 0.909. The second-order valence-electron chi connectivity index (χ2n) is 4.54. The normalized spacial score (nSPS) is 28.2. The Hall–Kier alpha value is -0.390. The highest BCUT2D eigenvalue weighted by Gasteiger charge is 2.28. The maximum Gasteiger partial charge on any atom is 0.389 e. The third-order valence-corrected chi connectivity index (χ3v) is 3.87. The minimum Gasteiger partial charge on any atom is -0.360 e. The lowest BCUT2D eigenvalue weighted by Crippen LogP contribution is -2.48. The summed E-state index contributed by atoms with van der Waals surface area (Å²) in [4.78, 5) is 4.20. The second-order valence-corrected chi connectivity index (χ2v) is 5.63. The maximum atomic E-state index is 11.9. The minimum absolute atomic E-state index is 0.0497. The fourth-order valence-electron chi connectivity index (χ4n) is 1.54. The standard InChI is InChI=1S/C11H19F3N2S/c1-3-10(2)6-8-17-9(16-10)15-7-4-5-11(12,13)14/h3-8H2,1-2H3,(H,15,16). The first kappa shape index (κ1) is 14.7. The van der Waals surface area contributed by atoms with Gasteiger partial charge >= 0.3 is 6.18 Å². The van der Waals surface area contributed by atoms with Crippen LogP contribution in [0.25, 0.3) is 0 Å². The molecule has 2 nitrogen and oxygen atoms in total. The monoisotopic (exact) mass is 268 g/mol. The number of amidine groups is 1. The maximum absolute atomic E-state index is 11.9. The Morgan fingerprint density at radius 3 is 2.76 bits per heavy atom. The molecule has 0 aromatic heterocycles. The SMILES string of the molecule is CCC1(C)CCSC(=NCCCC(F)(F)F)N1. The van der Waals surface area contributed by atoms with Gasteiger partial charge in [0.15, 0.2) is 5.17 Å². The van der Waals surface area contributed by atoms with Crippen molar-refractivity contribution in [3.8, 4) is 0 Å². The van der Waals surface area contributed by atoms with Gasteiger partial charge in [-0.3, -0.25) is 4.99 Å². The van der Waals surface area contributed by atoms with Gasteiger partial charge in [0.25, 0.3) is 0 Å². The number of halogens is 3. The van der Waals surface area contributed by atoms with Crippen molar-refractivity contribution in [2.75, 3.05) is 12.3 Å². The molecule has 0 radical (unpaired) electrons. The van der Waals surface area contributed by atoms with Gasteiger partial charge in [-0.05, 0) is 26.2 Å². The summed E-state index contributed by atoms with van der Waals surface area (Å²) >= 11 is 1.60. The lowest BCUT2D eigenvalue weighted by molar-refractivity contribution is -0.134.